The summed E-state index contributed by atoms with van der Waals surface area (Å²) >= 11 is 0. The first-order valence-corrected chi connectivity index (χ1v) is 12.0. The molecule has 0 saturated carbocycles. The van der Waals surface area contributed by atoms with Crippen LogP contribution in [0.4, 0.5) is 0 Å². The number of nitrogens with zero attached hydrogens (tertiary/aromatic N) is 4. The zero-order valence-corrected chi connectivity index (χ0v) is 18.7. The van der Waals surface area contributed by atoms with Gasteiger partial charge in [-0.1, -0.05) is 31.1 Å². The SMILES string of the molecule is CCN(CC)S(=O)(=O)c1ccc(CCC(=O)N2CCCC(c3nc(C)no3)C2)cc1. The maximum atomic E-state index is 12.7. The van der Waals surface area contributed by atoms with Crippen LogP contribution < -0.4 is 0 Å². The van der Waals surface area contributed by atoms with Crippen LogP contribution in [-0.2, 0) is 21.2 Å². The summed E-state index contributed by atoms with van der Waals surface area (Å²) in [6, 6.07) is 6.85. The van der Waals surface area contributed by atoms with Crippen molar-refractivity contribution in [1.82, 2.24) is 19.3 Å². The molecule has 0 radical (unpaired) electrons. The molecular weight excluding hydrogens is 404 g/mol. The van der Waals surface area contributed by atoms with Crippen LogP contribution in [0.1, 0.15) is 56.3 Å². The molecule has 8 nitrogen and oxygen atoms in total. The van der Waals surface area contributed by atoms with E-state index in [-0.39, 0.29) is 16.7 Å². The van der Waals surface area contributed by atoms with Gasteiger partial charge in [0, 0.05) is 32.6 Å². The molecule has 1 fully saturated rings. The third kappa shape index (κ3) is 5.07. The Morgan fingerprint density at radius 1 is 1.23 bits per heavy atom. The molecule has 1 amide bonds. The Labute approximate surface area is 178 Å². The van der Waals surface area contributed by atoms with Gasteiger partial charge in [0.25, 0.3) is 0 Å². The fourth-order valence-corrected chi connectivity index (χ4v) is 5.29. The number of piperidine rings is 1. The lowest BCUT2D eigenvalue weighted by molar-refractivity contribution is -0.132. The molecule has 2 heterocycles. The topological polar surface area (TPSA) is 96.6 Å². The maximum absolute atomic E-state index is 12.7. The number of sulfonamides is 1. The van der Waals surface area contributed by atoms with E-state index in [0.717, 1.165) is 24.9 Å². The van der Waals surface area contributed by atoms with Gasteiger partial charge in [-0.15, -0.1) is 0 Å². The molecule has 3 rings (SSSR count). The van der Waals surface area contributed by atoms with Gasteiger partial charge < -0.3 is 9.42 Å². The summed E-state index contributed by atoms with van der Waals surface area (Å²) in [5, 5.41) is 3.85. The molecule has 1 aliphatic rings. The van der Waals surface area contributed by atoms with E-state index in [1.807, 2.05) is 18.7 Å². The summed E-state index contributed by atoms with van der Waals surface area (Å²) in [6.45, 7) is 7.66. The predicted octanol–water partition coefficient (Wildman–Crippen LogP) is 2.75. The average molecular weight is 435 g/mol. The Morgan fingerprint density at radius 3 is 2.53 bits per heavy atom. The van der Waals surface area contributed by atoms with Crippen molar-refractivity contribution in [3.63, 3.8) is 0 Å². The summed E-state index contributed by atoms with van der Waals surface area (Å²) in [7, 11) is -3.46. The molecule has 1 aromatic carbocycles. The van der Waals surface area contributed by atoms with E-state index in [0.29, 0.717) is 44.2 Å². The fraction of sp³-hybridized carbons (Fsp3) is 0.571. The van der Waals surface area contributed by atoms with Crippen molar-refractivity contribution in [3.8, 4) is 0 Å². The molecule has 0 aliphatic carbocycles. The van der Waals surface area contributed by atoms with E-state index >= 15 is 0 Å². The molecule has 1 aliphatic heterocycles. The number of amides is 1. The third-order valence-electron chi connectivity index (χ3n) is 5.56. The van der Waals surface area contributed by atoms with E-state index in [1.54, 1.807) is 31.2 Å². The molecule has 1 unspecified atom stereocenters. The lowest BCUT2D eigenvalue weighted by Crippen LogP contribution is -2.39. The van der Waals surface area contributed by atoms with Gasteiger partial charge in [0.2, 0.25) is 21.8 Å². The van der Waals surface area contributed by atoms with Gasteiger partial charge in [0.1, 0.15) is 0 Å². The van der Waals surface area contributed by atoms with E-state index in [2.05, 4.69) is 10.1 Å². The van der Waals surface area contributed by atoms with Crippen molar-refractivity contribution in [2.24, 2.45) is 0 Å². The number of carbonyl (C=O) groups is 1. The van der Waals surface area contributed by atoms with Crippen LogP contribution in [0.15, 0.2) is 33.7 Å². The first-order chi connectivity index (χ1) is 14.3. The lowest BCUT2D eigenvalue weighted by Gasteiger charge is -2.31. The summed E-state index contributed by atoms with van der Waals surface area (Å²) in [5.74, 6) is 1.40. The first-order valence-electron chi connectivity index (χ1n) is 10.5. The molecule has 1 aromatic heterocycles. The second kappa shape index (κ2) is 9.70. The Bertz CT molecular complexity index is 952. The Hall–Kier alpha value is -2.26. The van der Waals surface area contributed by atoms with E-state index in [1.165, 1.54) is 4.31 Å². The standard InChI is InChI=1S/C21H30N4O4S/c1-4-25(5-2)30(27,28)19-11-8-17(9-12-19)10-13-20(26)24-14-6-7-18(15-24)21-22-16(3)23-29-21/h8-9,11-12,18H,4-7,10,13-15H2,1-3H3. The van der Waals surface area contributed by atoms with Crippen LogP contribution in [0, 0.1) is 6.92 Å². The molecule has 2 aromatic rings. The number of benzene rings is 1. The Kier molecular flexibility index (Phi) is 7.25. The zero-order valence-electron chi connectivity index (χ0n) is 17.9. The highest BCUT2D eigenvalue weighted by molar-refractivity contribution is 7.89. The fourth-order valence-electron chi connectivity index (χ4n) is 3.83. The number of hydrogen-bond donors (Lipinski definition) is 0. The summed E-state index contributed by atoms with van der Waals surface area (Å²) in [5.41, 5.74) is 0.947. The minimum absolute atomic E-state index is 0.0912. The van der Waals surface area contributed by atoms with Gasteiger partial charge in [0.15, 0.2) is 5.82 Å². The van der Waals surface area contributed by atoms with Crippen LogP contribution in [0.3, 0.4) is 0 Å². The van der Waals surface area contributed by atoms with Gasteiger partial charge in [-0.2, -0.15) is 9.29 Å². The molecule has 9 heteroatoms. The first kappa shape index (κ1) is 22.4. The van der Waals surface area contributed by atoms with Crippen molar-refractivity contribution in [2.45, 2.75) is 57.3 Å². The monoisotopic (exact) mass is 434 g/mol. The van der Waals surface area contributed by atoms with Crippen LogP contribution in [-0.4, -0.2) is 59.8 Å². The highest BCUT2D eigenvalue weighted by atomic mass is 32.2. The van der Waals surface area contributed by atoms with Crippen molar-refractivity contribution < 1.29 is 17.7 Å². The van der Waals surface area contributed by atoms with Crippen LogP contribution in [0.5, 0.6) is 0 Å². The second-order valence-electron chi connectivity index (χ2n) is 7.59. The zero-order chi connectivity index (χ0) is 21.7. The summed E-state index contributed by atoms with van der Waals surface area (Å²) < 4.78 is 31.9. The Morgan fingerprint density at radius 2 is 1.93 bits per heavy atom. The van der Waals surface area contributed by atoms with Crippen molar-refractivity contribution in [1.29, 1.82) is 0 Å². The van der Waals surface area contributed by atoms with Crippen LogP contribution >= 0.6 is 0 Å². The largest absolute Gasteiger partial charge is 0.342 e. The van der Waals surface area contributed by atoms with Crippen LogP contribution in [0.25, 0.3) is 0 Å². The maximum Gasteiger partial charge on any atom is 0.243 e. The molecule has 164 valence electrons. The molecule has 0 N–H and O–H groups in total. The minimum atomic E-state index is -3.46. The number of rotatable bonds is 8. The normalized spacial score (nSPS) is 17.5. The smallest absolute Gasteiger partial charge is 0.243 e. The number of hydrogen-bond acceptors (Lipinski definition) is 6. The van der Waals surface area contributed by atoms with Crippen molar-refractivity contribution in [3.05, 3.63) is 41.5 Å². The molecular formula is C21H30N4O4S. The number of aromatic nitrogens is 2. The molecule has 0 spiro atoms. The predicted molar refractivity (Wildman–Crippen MR) is 112 cm³/mol. The Balaban J connectivity index is 1.57. The molecule has 1 atom stereocenters. The van der Waals surface area contributed by atoms with Gasteiger partial charge >= 0.3 is 0 Å². The van der Waals surface area contributed by atoms with Gasteiger partial charge in [-0.3, -0.25) is 4.79 Å². The summed E-state index contributed by atoms with van der Waals surface area (Å²) in [4.78, 5) is 19.2. The number of aryl methyl sites for hydroxylation is 2. The lowest BCUT2D eigenvalue weighted by atomic mass is 9.97. The average Bonchev–Trinajstić information content (AvgIpc) is 3.19. The van der Waals surface area contributed by atoms with Gasteiger partial charge in [-0.05, 0) is 43.9 Å². The molecule has 30 heavy (non-hydrogen) atoms. The van der Waals surface area contributed by atoms with Crippen molar-refractivity contribution in [2.75, 3.05) is 26.2 Å². The van der Waals surface area contributed by atoms with Gasteiger partial charge in [-0.25, -0.2) is 8.42 Å². The van der Waals surface area contributed by atoms with E-state index in [9.17, 15) is 13.2 Å². The highest BCUT2D eigenvalue weighted by Gasteiger charge is 2.28. The van der Waals surface area contributed by atoms with E-state index in [4.69, 9.17) is 4.52 Å². The second-order valence-corrected chi connectivity index (χ2v) is 9.53. The van der Waals surface area contributed by atoms with E-state index < -0.39 is 10.0 Å². The minimum Gasteiger partial charge on any atom is -0.342 e. The summed E-state index contributed by atoms with van der Waals surface area (Å²) in [6.07, 6.45) is 2.81. The van der Waals surface area contributed by atoms with Crippen molar-refractivity contribution >= 4 is 15.9 Å². The third-order valence-corrected chi connectivity index (χ3v) is 7.62. The highest BCUT2D eigenvalue weighted by Crippen LogP contribution is 2.26. The van der Waals surface area contributed by atoms with Gasteiger partial charge in [0.05, 0.1) is 10.8 Å². The number of carbonyl (C=O) groups excluding carboxylic acids is 1. The quantitative estimate of drug-likeness (QED) is 0.634. The molecule has 0 bridgehead atoms. The number of likely N-dealkylation sites (tertiary alicyclic amines) is 1. The van der Waals surface area contributed by atoms with Crippen LogP contribution in [0.2, 0.25) is 0 Å². The molecule has 1 saturated heterocycles.